The second-order valence-corrected chi connectivity index (χ2v) is 6.81. The third-order valence-electron chi connectivity index (χ3n) is 3.97. The quantitative estimate of drug-likeness (QED) is 0.219. The maximum atomic E-state index is 12.2. The highest BCUT2D eigenvalue weighted by Crippen LogP contribution is 2.17. The molecule has 0 spiro atoms. The van der Waals surface area contributed by atoms with E-state index in [-0.39, 0.29) is 5.78 Å². The fourth-order valence-corrected chi connectivity index (χ4v) is 2.69. The highest BCUT2D eigenvalue weighted by molar-refractivity contribution is 9.10. The lowest BCUT2D eigenvalue weighted by Gasteiger charge is -2.05. The van der Waals surface area contributed by atoms with Gasteiger partial charge in [-0.15, -0.1) is 0 Å². The highest BCUT2D eigenvalue weighted by atomic mass is 79.9. The van der Waals surface area contributed by atoms with Gasteiger partial charge >= 0.3 is 5.97 Å². The normalized spacial score (nSPS) is 10.6. The minimum absolute atomic E-state index is 0.103. The third kappa shape index (κ3) is 5.18. The Morgan fingerprint density at radius 3 is 1.96 bits per heavy atom. The number of hydrogen-bond donors (Lipinski definition) is 0. The van der Waals surface area contributed by atoms with Crippen LogP contribution < -0.4 is 9.47 Å². The molecule has 5 heteroatoms. The van der Waals surface area contributed by atoms with Gasteiger partial charge in [-0.2, -0.15) is 0 Å². The van der Waals surface area contributed by atoms with E-state index in [4.69, 9.17) is 9.47 Å². The molecule has 0 aliphatic heterocycles. The second kappa shape index (κ2) is 9.15. The SMILES string of the molecule is COc1ccc(C(=O)C=Cc2ccc(OC(=O)c3ccc(Br)cc3)cc2)cc1. The van der Waals surface area contributed by atoms with E-state index in [9.17, 15) is 9.59 Å². The molecule has 0 saturated carbocycles. The average molecular weight is 437 g/mol. The van der Waals surface area contributed by atoms with Crippen molar-refractivity contribution in [1.82, 2.24) is 0 Å². The van der Waals surface area contributed by atoms with Crippen molar-refractivity contribution in [2.75, 3.05) is 7.11 Å². The zero-order valence-corrected chi connectivity index (χ0v) is 16.7. The molecule has 0 fully saturated rings. The summed E-state index contributed by atoms with van der Waals surface area (Å²) in [5.41, 5.74) is 1.87. The molecule has 28 heavy (non-hydrogen) atoms. The molecule has 0 aromatic heterocycles. The highest BCUT2D eigenvalue weighted by Gasteiger charge is 2.08. The molecule has 0 aliphatic carbocycles. The third-order valence-corrected chi connectivity index (χ3v) is 4.50. The molecule has 0 bridgehead atoms. The Kier molecular flexibility index (Phi) is 6.40. The first-order valence-electron chi connectivity index (χ1n) is 8.49. The molecule has 0 heterocycles. The first-order chi connectivity index (χ1) is 13.5. The molecule has 0 aliphatic rings. The van der Waals surface area contributed by atoms with E-state index < -0.39 is 5.97 Å². The van der Waals surface area contributed by atoms with Crippen molar-refractivity contribution in [2.24, 2.45) is 0 Å². The number of halogens is 1. The molecule has 140 valence electrons. The predicted octanol–water partition coefficient (Wildman–Crippen LogP) is 5.57. The molecule has 3 aromatic carbocycles. The van der Waals surface area contributed by atoms with E-state index >= 15 is 0 Å². The van der Waals surface area contributed by atoms with Crippen LogP contribution in [0.3, 0.4) is 0 Å². The van der Waals surface area contributed by atoms with Crippen LogP contribution in [-0.2, 0) is 0 Å². The smallest absolute Gasteiger partial charge is 0.343 e. The lowest BCUT2D eigenvalue weighted by atomic mass is 10.1. The van der Waals surface area contributed by atoms with Gasteiger partial charge in [0.2, 0.25) is 0 Å². The van der Waals surface area contributed by atoms with Crippen LogP contribution in [0, 0.1) is 0 Å². The van der Waals surface area contributed by atoms with Crippen molar-refractivity contribution < 1.29 is 19.1 Å². The van der Waals surface area contributed by atoms with Gasteiger partial charge in [0.1, 0.15) is 11.5 Å². The fraction of sp³-hybridized carbons (Fsp3) is 0.0435. The van der Waals surface area contributed by atoms with Crippen LogP contribution >= 0.6 is 15.9 Å². The molecule has 3 aromatic rings. The van der Waals surface area contributed by atoms with Crippen LogP contribution in [0.5, 0.6) is 11.5 Å². The second-order valence-electron chi connectivity index (χ2n) is 5.89. The van der Waals surface area contributed by atoms with Crippen LogP contribution in [0.1, 0.15) is 26.3 Å². The van der Waals surface area contributed by atoms with Gasteiger partial charge < -0.3 is 9.47 Å². The number of ketones is 1. The summed E-state index contributed by atoms with van der Waals surface area (Å²) in [6.45, 7) is 0. The molecule has 0 saturated heterocycles. The molecule has 0 radical (unpaired) electrons. The average Bonchev–Trinajstić information content (AvgIpc) is 2.73. The molecule has 4 nitrogen and oxygen atoms in total. The van der Waals surface area contributed by atoms with Gasteiger partial charge in [0.05, 0.1) is 12.7 Å². The zero-order chi connectivity index (χ0) is 19.9. The number of benzene rings is 3. The summed E-state index contributed by atoms with van der Waals surface area (Å²) in [6, 6.07) is 20.8. The van der Waals surface area contributed by atoms with E-state index in [1.54, 1.807) is 86.0 Å². The van der Waals surface area contributed by atoms with E-state index in [0.29, 0.717) is 22.6 Å². The summed E-state index contributed by atoms with van der Waals surface area (Å²) in [7, 11) is 1.58. The van der Waals surface area contributed by atoms with Crippen LogP contribution in [0.2, 0.25) is 0 Å². The number of allylic oxidation sites excluding steroid dienone is 1. The molecule has 0 atom stereocenters. The number of hydrogen-bond acceptors (Lipinski definition) is 4. The van der Waals surface area contributed by atoms with Crippen molar-refractivity contribution in [3.8, 4) is 11.5 Å². The molecule has 0 unspecified atom stereocenters. The Bertz CT molecular complexity index is 988. The molecular weight excluding hydrogens is 420 g/mol. The van der Waals surface area contributed by atoms with Gasteiger partial charge in [-0.1, -0.05) is 34.1 Å². The first-order valence-corrected chi connectivity index (χ1v) is 9.29. The van der Waals surface area contributed by atoms with Gasteiger partial charge in [0.25, 0.3) is 0 Å². The summed E-state index contributed by atoms with van der Waals surface area (Å²) >= 11 is 3.33. The van der Waals surface area contributed by atoms with Crippen LogP contribution in [0.15, 0.2) is 83.3 Å². The lowest BCUT2D eigenvalue weighted by molar-refractivity contribution is 0.0734. The number of carbonyl (C=O) groups excluding carboxylic acids is 2. The predicted molar refractivity (Wildman–Crippen MR) is 112 cm³/mol. The lowest BCUT2D eigenvalue weighted by Crippen LogP contribution is -2.08. The Morgan fingerprint density at radius 1 is 0.786 bits per heavy atom. The standard InChI is InChI=1S/C23H17BrO4/c1-27-20-13-7-17(8-14-20)22(25)15-4-16-2-11-21(12-3-16)28-23(26)18-5-9-19(24)10-6-18/h2-15H,1H3. The van der Waals surface area contributed by atoms with Crippen LogP contribution in [-0.4, -0.2) is 18.9 Å². The van der Waals surface area contributed by atoms with Gasteiger partial charge in [-0.05, 0) is 72.3 Å². The minimum atomic E-state index is -0.425. The van der Waals surface area contributed by atoms with Gasteiger partial charge in [-0.3, -0.25) is 4.79 Å². The van der Waals surface area contributed by atoms with Gasteiger partial charge in [0.15, 0.2) is 5.78 Å². The maximum Gasteiger partial charge on any atom is 0.343 e. The monoisotopic (exact) mass is 436 g/mol. The summed E-state index contributed by atoms with van der Waals surface area (Å²) in [5, 5.41) is 0. The molecule has 3 rings (SSSR count). The number of esters is 1. The van der Waals surface area contributed by atoms with Crippen molar-refractivity contribution in [3.05, 3.63) is 100 Å². The zero-order valence-electron chi connectivity index (χ0n) is 15.1. The number of ether oxygens (including phenoxy) is 2. The Hall–Kier alpha value is -3.18. The first kappa shape index (κ1) is 19.6. The molecule has 0 amide bonds. The Morgan fingerprint density at radius 2 is 1.36 bits per heavy atom. The molecule has 0 N–H and O–H groups in total. The van der Waals surface area contributed by atoms with E-state index in [1.807, 2.05) is 0 Å². The fourth-order valence-electron chi connectivity index (χ4n) is 2.42. The number of rotatable bonds is 6. The number of carbonyl (C=O) groups is 2. The Balaban J connectivity index is 1.61. The molecular formula is C23H17BrO4. The van der Waals surface area contributed by atoms with Crippen molar-refractivity contribution in [2.45, 2.75) is 0 Å². The van der Waals surface area contributed by atoms with E-state index in [1.165, 1.54) is 6.08 Å². The van der Waals surface area contributed by atoms with Gasteiger partial charge in [-0.25, -0.2) is 4.79 Å². The minimum Gasteiger partial charge on any atom is -0.497 e. The van der Waals surface area contributed by atoms with Crippen molar-refractivity contribution in [3.63, 3.8) is 0 Å². The van der Waals surface area contributed by atoms with Crippen molar-refractivity contribution >= 4 is 33.8 Å². The Labute approximate surface area is 171 Å². The maximum absolute atomic E-state index is 12.2. The van der Waals surface area contributed by atoms with Gasteiger partial charge in [0, 0.05) is 10.0 Å². The summed E-state index contributed by atoms with van der Waals surface area (Å²) in [6.07, 6.45) is 3.22. The summed E-state index contributed by atoms with van der Waals surface area (Å²) < 4.78 is 11.3. The van der Waals surface area contributed by atoms with E-state index in [0.717, 1.165) is 10.0 Å². The van der Waals surface area contributed by atoms with Crippen LogP contribution in [0.25, 0.3) is 6.08 Å². The van der Waals surface area contributed by atoms with E-state index in [2.05, 4.69) is 15.9 Å². The summed E-state index contributed by atoms with van der Waals surface area (Å²) in [4.78, 5) is 24.3. The number of methoxy groups -OCH3 is 1. The largest absolute Gasteiger partial charge is 0.497 e. The van der Waals surface area contributed by atoms with Crippen molar-refractivity contribution in [1.29, 1.82) is 0 Å². The van der Waals surface area contributed by atoms with Crippen LogP contribution in [0.4, 0.5) is 0 Å². The summed E-state index contributed by atoms with van der Waals surface area (Å²) in [5.74, 6) is 0.610. The topological polar surface area (TPSA) is 52.6 Å².